The Labute approximate surface area is 185 Å². The van der Waals surface area contributed by atoms with Gasteiger partial charge in [-0.05, 0) is 17.7 Å². The summed E-state index contributed by atoms with van der Waals surface area (Å²) in [6.45, 7) is 5.04. The van der Waals surface area contributed by atoms with Crippen LogP contribution >= 0.6 is 23.2 Å². The van der Waals surface area contributed by atoms with Gasteiger partial charge in [0, 0.05) is 44.4 Å². The SMILES string of the molecule is CCC(=O)Nc1cc(CC(=O)NC[C@H]2CN(Cc3ccc(Cl)c(Cl)c3)CCO2)[nH]n1. The molecule has 1 aliphatic rings. The second-order valence-corrected chi connectivity index (χ2v) is 7.95. The average Bonchev–Trinajstić information content (AvgIpc) is 3.16. The number of carbonyl (C=O) groups is 2. The highest BCUT2D eigenvalue weighted by Crippen LogP contribution is 2.23. The molecule has 1 fully saturated rings. The van der Waals surface area contributed by atoms with Crippen molar-refractivity contribution in [2.45, 2.75) is 32.4 Å². The number of hydrogen-bond acceptors (Lipinski definition) is 5. The van der Waals surface area contributed by atoms with Gasteiger partial charge in [-0.3, -0.25) is 19.6 Å². The van der Waals surface area contributed by atoms with Gasteiger partial charge in [-0.25, -0.2) is 0 Å². The van der Waals surface area contributed by atoms with Crippen LogP contribution in [0.15, 0.2) is 24.3 Å². The topological polar surface area (TPSA) is 99.4 Å². The molecular formula is C20H25Cl2N5O3. The van der Waals surface area contributed by atoms with Gasteiger partial charge >= 0.3 is 0 Å². The Hall–Kier alpha value is -2.13. The number of benzene rings is 1. The molecule has 162 valence electrons. The second-order valence-electron chi connectivity index (χ2n) is 7.14. The van der Waals surface area contributed by atoms with Crippen molar-refractivity contribution in [1.29, 1.82) is 0 Å². The molecule has 0 spiro atoms. The lowest BCUT2D eigenvalue weighted by molar-refractivity contribution is -0.121. The van der Waals surface area contributed by atoms with E-state index in [4.69, 9.17) is 27.9 Å². The van der Waals surface area contributed by atoms with Crippen LogP contribution in [0.5, 0.6) is 0 Å². The lowest BCUT2D eigenvalue weighted by Crippen LogP contribution is -2.47. The Morgan fingerprint density at radius 1 is 1.27 bits per heavy atom. The molecule has 3 N–H and O–H groups in total. The molecule has 2 aromatic rings. The molecule has 1 atom stereocenters. The minimum absolute atomic E-state index is 0.0911. The minimum Gasteiger partial charge on any atom is -0.374 e. The van der Waals surface area contributed by atoms with Gasteiger partial charge in [0.2, 0.25) is 11.8 Å². The van der Waals surface area contributed by atoms with Gasteiger partial charge in [0.05, 0.1) is 29.2 Å². The average molecular weight is 454 g/mol. The molecule has 1 aliphatic heterocycles. The first-order valence-corrected chi connectivity index (χ1v) is 10.6. The number of halogens is 2. The number of amides is 2. The molecule has 30 heavy (non-hydrogen) atoms. The maximum absolute atomic E-state index is 12.2. The Bertz CT molecular complexity index is 889. The van der Waals surface area contributed by atoms with Gasteiger partial charge in [-0.2, -0.15) is 5.10 Å². The van der Waals surface area contributed by atoms with E-state index in [9.17, 15) is 9.59 Å². The predicted octanol–water partition coefficient (Wildman–Crippen LogP) is 2.62. The smallest absolute Gasteiger partial charge is 0.226 e. The first-order valence-electron chi connectivity index (χ1n) is 9.81. The summed E-state index contributed by atoms with van der Waals surface area (Å²) < 4.78 is 5.78. The number of ether oxygens (including phenoxy) is 1. The quantitative estimate of drug-likeness (QED) is 0.570. The summed E-state index contributed by atoms with van der Waals surface area (Å²) in [4.78, 5) is 25.9. The van der Waals surface area contributed by atoms with E-state index >= 15 is 0 Å². The number of aromatic amines is 1. The van der Waals surface area contributed by atoms with E-state index in [-0.39, 0.29) is 24.3 Å². The molecular weight excluding hydrogens is 429 g/mol. The zero-order valence-corrected chi connectivity index (χ0v) is 18.2. The Balaban J connectivity index is 1.43. The largest absolute Gasteiger partial charge is 0.374 e. The molecule has 0 aliphatic carbocycles. The van der Waals surface area contributed by atoms with Crippen molar-refractivity contribution in [3.63, 3.8) is 0 Å². The van der Waals surface area contributed by atoms with E-state index < -0.39 is 0 Å². The number of anilines is 1. The van der Waals surface area contributed by atoms with Crippen molar-refractivity contribution in [3.05, 3.63) is 45.6 Å². The summed E-state index contributed by atoms with van der Waals surface area (Å²) in [7, 11) is 0. The van der Waals surface area contributed by atoms with E-state index in [0.29, 0.717) is 47.7 Å². The van der Waals surface area contributed by atoms with Crippen LogP contribution in [-0.4, -0.2) is 59.3 Å². The molecule has 8 nitrogen and oxygen atoms in total. The molecule has 0 unspecified atom stereocenters. The molecule has 2 heterocycles. The summed E-state index contributed by atoms with van der Waals surface area (Å²) in [5.74, 6) is 0.146. The lowest BCUT2D eigenvalue weighted by Gasteiger charge is -2.33. The van der Waals surface area contributed by atoms with Crippen LogP contribution in [0.2, 0.25) is 10.0 Å². The van der Waals surface area contributed by atoms with Crippen molar-refractivity contribution in [2.24, 2.45) is 0 Å². The zero-order valence-electron chi connectivity index (χ0n) is 16.7. The standard InChI is InChI=1S/C20H25Cl2N5O3/c1-2-19(28)24-18-8-14(25-26-18)9-20(29)23-10-15-12-27(5-6-30-15)11-13-3-4-16(21)17(22)7-13/h3-4,7-8,15H,2,5-6,9-12H2,1H3,(H,23,29)(H2,24,25,26,28)/t15-/m0/s1. The van der Waals surface area contributed by atoms with Crippen molar-refractivity contribution in [2.75, 3.05) is 31.6 Å². The first-order chi connectivity index (χ1) is 14.4. The summed E-state index contributed by atoms with van der Waals surface area (Å²) in [5.41, 5.74) is 1.71. The number of carbonyl (C=O) groups excluding carboxylic acids is 2. The number of hydrogen-bond donors (Lipinski definition) is 3. The van der Waals surface area contributed by atoms with E-state index in [1.807, 2.05) is 12.1 Å². The fourth-order valence-electron chi connectivity index (χ4n) is 3.15. The van der Waals surface area contributed by atoms with Crippen LogP contribution in [0.1, 0.15) is 24.6 Å². The van der Waals surface area contributed by atoms with Gasteiger partial charge in [0.15, 0.2) is 5.82 Å². The maximum atomic E-state index is 12.2. The Morgan fingerprint density at radius 3 is 2.87 bits per heavy atom. The normalized spacial score (nSPS) is 17.0. The highest BCUT2D eigenvalue weighted by molar-refractivity contribution is 6.42. The highest BCUT2D eigenvalue weighted by atomic mass is 35.5. The first kappa shape index (κ1) is 22.6. The fraction of sp³-hybridized carbons (Fsp3) is 0.450. The summed E-state index contributed by atoms with van der Waals surface area (Å²) in [5, 5.41) is 13.4. The highest BCUT2D eigenvalue weighted by Gasteiger charge is 2.21. The number of nitrogens with one attached hydrogen (secondary N) is 3. The molecule has 1 saturated heterocycles. The van der Waals surface area contributed by atoms with Crippen LogP contribution in [0.4, 0.5) is 5.82 Å². The van der Waals surface area contributed by atoms with Crippen molar-refractivity contribution in [3.8, 4) is 0 Å². The third-order valence-electron chi connectivity index (χ3n) is 4.71. The summed E-state index contributed by atoms with van der Waals surface area (Å²) in [6.07, 6.45) is 0.424. The third-order valence-corrected chi connectivity index (χ3v) is 5.45. The van der Waals surface area contributed by atoms with E-state index in [1.54, 1.807) is 19.1 Å². The molecule has 1 aromatic heterocycles. The number of morpholine rings is 1. The number of aromatic nitrogens is 2. The molecule has 2 amide bonds. The van der Waals surface area contributed by atoms with Crippen molar-refractivity contribution in [1.82, 2.24) is 20.4 Å². The van der Waals surface area contributed by atoms with Crippen molar-refractivity contribution < 1.29 is 14.3 Å². The molecule has 3 rings (SSSR count). The van der Waals surface area contributed by atoms with Gasteiger partial charge in [-0.1, -0.05) is 36.2 Å². The lowest BCUT2D eigenvalue weighted by atomic mass is 10.2. The van der Waals surface area contributed by atoms with Crippen LogP contribution in [0, 0.1) is 0 Å². The van der Waals surface area contributed by atoms with E-state index in [0.717, 1.165) is 18.7 Å². The summed E-state index contributed by atoms with van der Waals surface area (Å²) in [6, 6.07) is 7.29. The van der Waals surface area contributed by atoms with Gasteiger partial charge in [-0.15, -0.1) is 0 Å². The Morgan fingerprint density at radius 2 is 2.10 bits per heavy atom. The van der Waals surface area contributed by atoms with E-state index in [2.05, 4.69) is 25.7 Å². The number of H-pyrrole nitrogens is 1. The zero-order chi connectivity index (χ0) is 21.5. The van der Waals surface area contributed by atoms with Gasteiger partial charge in [0.1, 0.15) is 0 Å². The third kappa shape index (κ3) is 6.70. The van der Waals surface area contributed by atoms with Crippen LogP contribution in [-0.2, 0) is 27.3 Å². The predicted molar refractivity (Wildman–Crippen MR) is 116 cm³/mol. The molecule has 1 aromatic carbocycles. The second kappa shape index (κ2) is 10.8. The summed E-state index contributed by atoms with van der Waals surface area (Å²) >= 11 is 12.1. The molecule has 10 heteroatoms. The molecule has 0 saturated carbocycles. The van der Waals surface area contributed by atoms with Crippen LogP contribution in [0.25, 0.3) is 0 Å². The van der Waals surface area contributed by atoms with Gasteiger partial charge in [0.25, 0.3) is 0 Å². The fourth-order valence-corrected chi connectivity index (χ4v) is 3.47. The maximum Gasteiger partial charge on any atom is 0.226 e. The van der Waals surface area contributed by atoms with E-state index in [1.165, 1.54) is 0 Å². The number of rotatable bonds is 8. The minimum atomic E-state index is -0.141. The molecule has 0 bridgehead atoms. The Kier molecular flexibility index (Phi) is 8.09. The van der Waals surface area contributed by atoms with Crippen LogP contribution < -0.4 is 10.6 Å². The number of nitrogens with zero attached hydrogens (tertiary/aromatic N) is 2. The monoisotopic (exact) mass is 453 g/mol. The van der Waals surface area contributed by atoms with Crippen LogP contribution in [0.3, 0.4) is 0 Å². The molecule has 0 radical (unpaired) electrons. The van der Waals surface area contributed by atoms with Crippen molar-refractivity contribution >= 4 is 40.8 Å². The van der Waals surface area contributed by atoms with Gasteiger partial charge < -0.3 is 15.4 Å².